The van der Waals surface area contributed by atoms with Crippen molar-refractivity contribution in [1.29, 1.82) is 0 Å². The zero-order chi connectivity index (χ0) is 17.8. The van der Waals surface area contributed by atoms with Gasteiger partial charge in [0.15, 0.2) is 0 Å². The van der Waals surface area contributed by atoms with Crippen LogP contribution >= 0.6 is 0 Å². The first-order valence-corrected chi connectivity index (χ1v) is 8.92. The molecule has 1 saturated heterocycles. The van der Waals surface area contributed by atoms with E-state index in [-0.39, 0.29) is 5.91 Å². The van der Waals surface area contributed by atoms with Crippen LogP contribution in [-0.2, 0) is 11.2 Å². The first-order chi connectivity index (χ1) is 12.8. The highest BCUT2D eigenvalue weighted by Gasteiger charge is 2.21. The molecule has 0 saturated carbocycles. The third kappa shape index (κ3) is 3.49. The van der Waals surface area contributed by atoms with Gasteiger partial charge in [0.2, 0.25) is 5.91 Å². The molecule has 4 rings (SSSR count). The van der Waals surface area contributed by atoms with E-state index in [2.05, 4.69) is 25.9 Å². The lowest BCUT2D eigenvalue weighted by atomic mass is 10.2. The number of anilines is 1. The third-order valence-corrected chi connectivity index (χ3v) is 4.75. The van der Waals surface area contributed by atoms with Crippen LogP contribution in [0, 0.1) is 0 Å². The summed E-state index contributed by atoms with van der Waals surface area (Å²) in [6.07, 6.45) is 6.44. The number of hydrogen-bond acceptors (Lipinski definition) is 5. The summed E-state index contributed by atoms with van der Waals surface area (Å²) in [5, 5.41) is 1.06. The van der Waals surface area contributed by atoms with Gasteiger partial charge in [0.1, 0.15) is 12.1 Å². The molecule has 6 heteroatoms. The molecule has 132 valence electrons. The molecule has 0 aliphatic carbocycles. The van der Waals surface area contributed by atoms with E-state index in [4.69, 9.17) is 0 Å². The Kier molecular flexibility index (Phi) is 4.73. The van der Waals surface area contributed by atoms with Crippen LogP contribution < -0.4 is 4.90 Å². The van der Waals surface area contributed by atoms with Gasteiger partial charge in [-0.15, -0.1) is 0 Å². The smallest absolute Gasteiger partial charge is 0.227 e. The fourth-order valence-corrected chi connectivity index (χ4v) is 3.41. The fraction of sp³-hybridized carbons (Fsp3) is 0.300. The van der Waals surface area contributed by atoms with Crippen LogP contribution in [0.15, 0.2) is 55.1 Å². The molecular formula is C20H21N5O. The lowest BCUT2D eigenvalue weighted by molar-refractivity contribution is -0.130. The van der Waals surface area contributed by atoms with Crippen LogP contribution in [0.5, 0.6) is 0 Å². The number of aromatic nitrogens is 3. The lowest BCUT2D eigenvalue weighted by Crippen LogP contribution is -2.36. The molecule has 26 heavy (non-hydrogen) atoms. The second kappa shape index (κ2) is 7.47. The van der Waals surface area contributed by atoms with Gasteiger partial charge in [0.25, 0.3) is 0 Å². The van der Waals surface area contributed by atoms with Crippen molar-refractivity contribution < 1.29 is 4.79 Å². The van der Waals surface area contributed by atoms with Gasteiger partial charge in [-0.3, -0.25) is 9.78 Å². The molecule has 0 N–H and O–H groups in total. The van der Waals surface area contributed by atoms with Crippen molar-refractivity contribution in [3.8, 4) is 0 Å². The van der Waals surface area contributed by atoms with Gasteiger partial charge < -0.3 is 9.80 Å². The predicted molar refractivity (Wildman–Crippen MR) is 101 cm³/mol. The summed E-state index contributed by atoms with van der Waals surface area (Å²) in [5.74, 6) is 1.12. The monoisotopic (exact) mass is 347 g/mol. The fourth-order valence-electron chi connectivity index (χ4n) is 3.41. The van der Waals surface area contributed by atoms with Gasteiger partial charge in [0, 0.05) is 44.0 Å². The Morgan fingerprint density at radius 3 is 2.81 bits per heavy atom. The summed E-state index contributed by atoms with van der Waals surface area (Å²) in [5.41, 5.74) is 1.91. The van der Waals surface area contributed by atoms with Crippen LogP contribution in [0.1, 0.15) is 12.0 Å². The van der Waals surface area contributed by atoms with E-state index in [9.17, 15) is 4.79 Å². The SMILES string of the molecule is O=C(Cc1cccnc1)N1CCCN(c2ncnc3ccccc23)CC1. The van der Waals surface area contributed by atoms with Crippen LogP contribution in [0.25, 0.3) is 10.9 Å². The number of carbonyl (C=O) groups excluding carboxylic acids is 1. The van der Waals surface area contributed by atoms with Gasteiger partial charge in [-0.25, -0.2) is 9.97 Å². The Balaban J connectivity index is 1.47. The maximum Gasteiger partial charge on any atom is 0.227 e. The summed E-state index contributed by atoms with van der Waals surface area (Å²) in [7, 11) is 0. The van der Waals surface area contributed by atoms with E-state index in [0.29, 0.717) is 13.0 Å². The zero-order valence-corrected chi connectivity index (χ0v) is 14.6. The van der Waals surface area contributed by atoms with Crippen molar-refractivity contribution in [2.24, 2.45) is 0 Å². The molecule has 0 spiro atoms. The average molecular weight is 347 g/mol. The highest BCUT2D eigenvalue weighted by Crippen LogP contribution is 2.23. The standard InChI is InChI=1S/C20H21N5O/c26-19(13-16-5-3-8-21-14-16)24-9-4-10-25(12-11-24)20-17-6-1-2-7-18(17)22-15-23-20/h1-3,5-8,14-15H,4,9-13H2. The molecule has 1 aliphatic rings. The van der Waals surface area contributed by atoms with E-state index in [0.717, 1.165) is 48.3 Å². The Labute approximate surface area is 152 Å². The first-order valence-electron chi connectivity index (χ1n) is 8.92. The van der Waals surface area contributed by atoms with Crippen molar-refractivity contribution >= 4 is 22.6 Å². The van der Waals surface area contributed by atoms with E-state index >= 15 is 0 Å². The minimum atomic E-state index is 0.160. The third-order valence-electron chi connectivity index (χ3n) is 4.75. The highest BCUT2D eigenvalue weighted by atomic mass is 16.2. The molecule has 1 aliphatic heterocycles. The van der Waals surface area contributed by atoms with Crippen molar-refractivity contribution in [3.63, 3.8) is 0 Å². The first kappa shape index (κ1) is 16.4. The molecule has 6 nitrogen and oxygen atoms in total. The van der Waals surface area contributed by atoms with Crippen molar-refractivity contribution in [1.82, 2.24) is 19.9 Å². The number of fused-ring (bicyclic) bond motifs is 1. The Bertz CT molecular complexity index is 894. The lowest BCUT2D eigenvalue weighted by Gasteiger charge is -2.23. The molecule has 0 bridgehead atoms. The van der Waals surface area contributed by atoms with E-state index in [1.54, 1.807) is 18.7 Å². The van der Waals surface area contributed by atoms with Crippen molar-refractivity contribution in [2.75, 3.05) is 31.1 Å². The topological polar surface area (TPSA) is 62.2 Å². The maximum atomic E-state index is 12.6. The molecule has 3 aromatic rings. The van der Waals surface area contributed by atoms with Crippen molar-refractivity contribution in [3.05, 3.63) is 60.7 Å². The maximum absolute atomic E-state index is 12.6. The van der Waals surface area contributed by atoms with Crippen LogP contribution in [0.4, 0.5) is 5.82 Å². The normalized spacial score (nSPS) is 15.1. The minimum Gasteiger partial charge on any atom is -0.354 e. The molecule has 3 heterocycles. The average Bonchev–Trinajstić information content (AvgIpc) is 2.94. The number of carbonyl (C=O) groups is 1. The van der Waals surface area contributed by atoms with Crippen LogP contribution in [-0.4, -0.2) is 51.9 Å². The quantitative estimate of drug-likeness (QED) is 0.727. The van der Waals surface area contributed by atoms with Gasteiger partial charge in [0.05, 0.1) is 11.9 Å². The summed E-state index contributed by atoms with van der Waals surface area (Å²) in [4.78, 5) is 29.8. The number of rotatable bonds is 3. The van der Waals surface area contributed by atoms with E-state index < -0.39 is 0 Å². The second-order valence-electron chi connectivity index (χ2n) is 6.47. The Morgan fingerprint density at radius 1 is 1.00 bits per heavy atom. The van der Waals surface area contributed by atoms with E-state index in [1.807, 2.05) is 35.2 Å². The predicted octanol–water partition coefficient (Wildman–Crippen LogP) is 2.31. The van der Waals surface area contributed by atoms with Crippen molar-refractivity contribution in [2.45, 2.75) is 12.8 Å². The highest BCUT2D eigenvalue weighted by molar-refractivity contribution is 5.89. The molecule has 2 aromatic heterocycles. The van der Waals surface area contributed by atoms with Gasteiger partial charge >= 0.3 is 0 Å². The summed E-state index contributed by atoms with van der Waals surface area (Å²) < 4.78 is 0. The molecule has 1 amide bonds. The Hall–Kier alpha value is -3.02. The molecule has 0 atom stereocenters. The number of amides is 1. The number of para-hydroxylation sites is 1. The van der Waals surface area contributed by atoms with Crippen LogP contribution in [0.3, 0.4) is 0 Å². The second-order valence-corrected chi connectivity index (χ2v) is 6.47. The molecule has 1 aromatic carbocycles. The summed E-state index contributed by atoms with van der Waals surface area (Å²) >= 11 is 0. The summed E-state index contributed by atoms with van der Waals surface area (Å²) in [6, 6.07) is 11.9. The zero-order valence-electron chi connectivity index (χ0n) is 14.6. The molecule has 1 fully saturated rings. The largest absolute Gasteiger partial charge is 0.354 e. The molecular weight excluding hydrogens is 326 g/mol. The Morgan fingerprint density at radius 2 is 1.92 bits per heavy atom. The number of nitrogens with zero attached hydrogens (tertiary/aromatic N) is 5. The van der Waals surface area contributed by atoms with Gasteiger partial charge in [-0.1, -0.05) is 18.2 Å². The summed E-state index contributed by atoms with van der Waals surface area (Å²) in [6.45, 7) is 3.15. The minimum absolute atomic E-state index is 0.160. The van der Waals surface area contributed by atoms with Crippen LogP contribution in [0.2, 0.25) is 0 Å². The van der Waals surface area contributed by atoms with Gasteiger partial charge in [-0.2, -0.15) is 0 Å². The van der Waals surface area contributed by atoms with E-state index in [1.165, 1.54) is 0 Å². The number of benzene rings is 1. The molecule has 0 unspecified atom stereocenters. The number of pyridine rings is 1. The van der Waals surface area contributed by atoms with Gasteiger partial charge in [-0.05, 0) is 30.2 Å². The number of hydrogen-bond donors (Lipinski definition) is 0. The molecule has 0 radical (unpaired) electrons.